The molecule has 1 aromatic rings. The Bertz CT molecular complexity index is 373. The van der Waals surface area contributed by atoms with Crippen LogP contribution in [0.15, 0.2) is 6.20 Å². The SMILES string of the molecule is CCCCN1Cn2cc(CO)nc2C1=O. The van der Waals surface area contributed by atoms with Gasteiger partial charge in [-0.2, -0.15) is 0 Å². The molecular weight excluding hydrogens is 194 g/mol. The number of amides is 1. The standard InChI is InChI=1S/C10H15N3O2/c1-2-3-4-12-7-13-5-8(6-14)11-9(13)10(12)15/h5,14H,2-4,6-7H2,1H3. The molecule has 1 N–H and O–H groups in total. The normalized spacial score (nSPS) is 14.8. The molecule has 0 bridgehead atoms. The minimum Gasteiger partial charge on any atom is -0.390 e. The fraction of sp³-hybridized carbons (Fsp3) is 0.600. The summed E-state index contributed by atoms with van der Waals surface area (Å²) in [5.74, 6) is 0.429. The smallest absolute Gasteiger partial charge is 0.291 e. The highest BCUT2D eigenvalue weighted by Crippen LogP contribution is 2.16. The molecular formula is C10H15N3O2. The summed E-state index contributed by atoms with van der Waals surface area (Å²) in [6.07, 6.45) is 3.83. The number of hydrogen-bond acceptors (Lipinski definition) is 3. The summed E-state index contributed by atoms with van der Waals surface area (Å²) in [4.78, 5) is 17.6. The Morgan fingerprint density at radius 3 is 3.00 bits per heavy atom. The second-order valence-corrected chi connectivity index (χ2v) is 3.75. The number of aliphatic hydroxyl groups excluding tert-OH is 1. The van der Waals surface area contributed by atoms with Crippen molar-refractivity contribution in [1.29, 1.82) is 0 Å². The first-order chi connectivity index (χ1) is 7.26. The summed E-state index contributed by atoms with van der Waals surface area (Å²) in [7, 11) is 0. The maximum absolute atomic E-state index is 11.8. The minimum atomic E-state index is -0.109. The molecule has 1 aliphatic rings. The molecule has 0 radical (unpaired) electrons. The van der Waals surface area contributed by atoms with Gasteiger partial charge in [-0.1, -0.05) is 13.3 Å². The summed E-state index contributed by atoms with van der Waals surface area (Å²) in [6, 6.07) is 0. The van der Waals surface area contributed by atoms with E-state index >= 15 is 0 Å². The fourth-order valence-corrected chi connectivity index (χ4v) is 1.74. The van der Waals surface area contributed by atoms with Crippen molar-refractivity contribution in [3.63, 3.8) is 0 Å². The third-order valence-electron chi connectivity index (χ3n) is 2.57. The van der Waals surface area contributed by atoms with Gasteiger partial charge in [0.1, 0.15) is 0 Å². The Hall–Kier alpha value is -1.36. The van der Waals surface area contributed by atoms with Crippen molar-refractivity contribution >= 4 is 5.91 Å². The average molecular weight is 209 g/mol. The molecule has 0 unspecified atom stereocenters. The predicted molar refractivity (Wildman–Crippen MR) is 54.1 cm³/mol. The van der Waals surface area contributed by atoms with Gasteiger partial charge in [0.2, 0.25) is 5.82 Å². The molecule has 0 aliphatic carbocycles. The molecule has 1 aromatic heterocycles. The van der Waals surface area contributed by atoms with Gasteiger partial charge < -0.3 is 14.6 Å². The summed E-state index contributed by atoms with van der Waals surface area (Å²) in [5.41, 5.74) is 0.563. The first-order valence-electron chi connectivity index (χ1n) is 5.22. The number of imidazole rings is 1. The van der Waals surface area contributed by atoms with E-state index in [0.29, 0.717) is 18.2 Å². The van der Waals surface area contributed by atoms with E-state index in [2.05, 4.69) is 11.9 Å². The maximum Gasteiger partial charge on any atom is 0.291 e. The van der Waals surface area contributed by atoms with Gasteiger partial charge in [0, 0.05) is 12.7 Å². The van der Waals surface area contributed by atoms with Crippen molar-refractivity contribution in [3.8, 4) is 0 Å². The van der Waals surface area contributed by atoms with Crippen molar-refractivity contribution in [1.82, 2.24) is 14.5 Å². The monoisotopic (exact) mass is 209 g/mol. The molecule has 0 saturated carbocycles. The zero-order valence-electron chi connectivity index (χ0n) is 8.81. The molecule has 0 spiro atoms. The summed E-state index contributed by atoms with van der Waals surface area (Å²) < 4.78 is 1.80. The second-order valence-electron chi connectivity index (χ2n) is 3.75. The molecule has 0 atom stereocenters. The van der Waals surface area contributed by atoms with E-state index in [1.54, 1.807) is 15.7 Å². The Kier molecular flexibility index (Phi) is 2.73. The van der Waals surface area contributed by atoms with Crippen molar-refractivity contribution in [2.45, 2.75) is 33.0 Å². The third-order valence-corrected chi connectivity index (χ3v) is 2.57. The number of fused-ring (bicyclic) bond motifs is 1. The van der Waals surface area contributed by atoms with Gasteiger partial charge in [-0.25, -0.2) is 4.98 Å². The lowest BCUT2D eigenvalue weighted by Gasteiger charge is -2.13. The van der Waals surface area contributed by atoms with Crippen LogP contribution in [0, 0.1) is 0 Å². The molecule has 5 heteroatoms. The molecule has 2 heterocycles. The lowest BCUT2D eigenvalue weighted by molar-refractivity contribution is 0.0763. The van der Waals surface area contributed by atoms with E-state index in [-0.39, 0.29) is 12.5 Å². The Morgan fingerprint density at radius 2 is 2.40 bits per heavy atom. The van der Waals surface area contributed by atoms with Crippen LogP contribution in [0.3, 0.4) is 0 Å². The number of hydrogen-bond donors (Lipinski definition) is 1. The Labute approximate surface area is 88.3 Å². The topological polar surface area (TPSA) is 58.4 Å². The number of carbonyl (C=O) groups is 1. The average Bonchev–Trinajstić information content (AvgIpc) is 2.76. The van der Waals surface area contributed by atoms with Crippen molar-refractivity contribution in [2.75, 3.05) is 6.54 Å². The highest BCUT2D eigenvalue weighted by atomic mass is 16.3. The lowest BCUT2D eigenvalue weighted by Crippen LogP contribution is -2.26. The van der Waals surface area contributed by atoms with Crippen molar-refractivity contribution < 1.29 is 9.90 Å². The number of rotatable bonds is 4. The summed E-state index contributed by atoms with van der Waals surface area (Å²) in [5, 5.41) is 8.89. The highest BCUT2D eigenvalue weighted by Gasteiger charge is 2.28. The van der Waals surface area contributed by atoms with Crippen molar-refractivity contribution in [3.05, 3.63) is 17.7 Å². The van der Waals surface area contributed by atoms with E-state index in [0.717, 1.165) is 19.4 Å². The fourth-order valence-electron chi connectivity index (χ4n) is 1.74. The van der Waals surface area contributed by atoms with Gasteiger partial charge in [-0.15, -0.1) is 0 Å². The molecule has 0 saturated heterocycles. The third kappa shape index (κ3) is 1.74. The van der Waals surface area contributed by atoms with Crippen LogP contribution >= 0.6 is 0 Å². The lowest BCUT2D eigenvalue weighted by atomic mass is 10.3. The Balaban J connectivity index is 2.10. The van der Waals surface area contributed by atoms with Crippen LogP contribution in [0.25, 0.3) is 0 Å². The molecule has 1 aliphatic heterocycles. The van der Waals surface area contributed by atoms with Gasteiger partial charge in [0.05, 0.1) is 19.0 Å². The number of aliphatic hydroxyl groups is 1. The first kappa shape index (κ1) is 10.2. The molecule has 0 fully saturated rings. The number of unbranched alkanes of at least 4 members (excludes halogenated alkanes) is 1. The number of nitrogens with zero attached hydrogens (tertiary/aromatic N) is 3. The Morgan fingerprint density at radius 1 is 1.60 bits per heavy atom. The van der Waals surface area contributed by atoms with E-state index in [1.165, 1.54) is 0 Å². The second kappa shape index (κ2) is 4.02. The van der Waals surface area contributed by atoms with Crippen LogP contribution < -0.4 is 0 Å². The minimum absolute atomic E-state index is 0.0249. The van der Waals surface area contributed by atoms with Gasteiger partial charge in [0.25, 0.3) is 5.91 Å². The van der Waals surface area contributed by atoms with Crippen LogP contribution in [0.5, 0.6) is 0 Å². The molecule has 1 amide bonds. The van der Waals surface area contributed by atoms with E-state index in [9.17, 15) is 4.79 Å². The molecule has 82 valence electrons. The maximum atomic E-state index is 11.8. The van der Waals surface area contributed by atoms with Crippen LogP contribution in [0.2, 0.25) is 0 Å². The van der Waals surface area contributed by atoms with E-state index in [4.69, 9.17) is 5.11 Å². The van der Waals surface area contributed by atoms with Gasteiger partial charge >= 0.3 is 0 Å². The first-order valence-corrected chi connectivity index (χ1v) is 5.22. The van der Waals surface area contributed by atoms with Crippen LogP contribution in [0.1, 0.15) is 36.1 Å². The number of aromatic nitrogens is 2. The predicted octanol–water partition coefficient (Wildman–Crippen LogP) is 0.589. The van der Waals surface area contributed by atoms with Crippen LogP contribution in [0.4, 0.5) is 0 Å². The van der Waals surface area contributed by atoms with Crippen molar-refractivity contribution in [2.24, 2.45) is 0 Å². The summed E-state index contributed by atoms with van der Waals surface area (Å²) in [6.45, 7) is 3.35. The molecule has 15 heavy (non-hydrogen) atoms. The van der Waals surface area contributed by atoms with Crippen LogP contribution in [-0.2, 0) is 13.3 Å². The van der Waals surface area contributed by atoms with E-state index < -0.39 is 0 Å². The van der Waals surface area contributed by atoms with Gasteiger partial charge in [0.15, 0.2) is 0 Å². The highest BCUT2D eigenvalue weighted by molar-refractivity contribution is 5.92. The zero-order chi connectivity index (χ0) is 10.8. The number of carbonyl (C=O) groups excluding carboxylic acids is 1. The van der Waals surface area contributed by atoms with Crippen LogP contribution in [-0.4, -0.2) is 32.0 Å². The van der Waals surface area contributed by atoms with Gasteiger partial charge in [-0.3, -0.25) is 4.79 Å². The largest absolute Gasteiger partial charge is 0.390 e. The molecule has 0 aromatic carbocycles. The molecule has 2 rings (SSSR count). The molecule has 5 nitrogen and oxygen atoms in total. The summed E-state index contributed by atoms with van der Waals surface area (Å²) >= 11 is 0. The quantitative estimate of drug-likeness (QED) is 0.789. The van der Waals surface area contributed by atoms with E-state index in [1.807, 2.05) is 0 Å². The zero-order valence-corrected chi connectivity index (χ0v) is 8.81. The van der Waals surface area contributed by atoms with Gasteiger partial charge in [-0.05, 0) is 6.42 Å².